The second-order valence-corrected chi connectivity index (χ2v) is 8.37. The highest BCUT2D eigenvalue weighted by Crippen LogP contribution is 2.30. The van der Waals surface area contributed by atoms with E-state index in [1.54, 1.807) is 6.20 Å². The number of hydrogen-bond donors (Lipinski definition) is 1. The molecule has 3 aromatic rings. The Morgan fingerprint density at radius 1 is 1.24 bits per heavy atom. The zero-order valence-corrected chi connectivity index (χ0v) is 17.5. The molecule has 1 aromatic carbocycles. The number of halogens is 1. The molecule has 2 heterocycles. The smallest absolute Gasteiger partial charge is 0.226 e. The standard InChI is InChI=1S/C22H22ClN3O2S/c23-19-8-4-3-7-18(19)22-26-16(14-29-22)12-20(27)25-13-15-9-10-24-21(11-15)28-17-5-1-2-6-17/h3-4,7-11,14,17H,1-2,5-6,12-13H2,(H,25,27). The molecule has 1 fully saturated rings. The number of rotatable bonds is 7. The van der Waals surface area contributed by atoms with Gasteiger partial charge in [-0.3, -0.25) is 4.79 Å². The van der Waals surface area contributed by atoms with E-state index in [0.29, 0.717) is 17.4 Å². The molecule has 1 amide bonds. The van der Waals surface area contributed by atoms with Gasteiger partial charge in [0.25, 0.3) is 0 Å². The maximum Gasteiger partial charge on any atom is 0.226 e. The van der Waals surface area contributed by atoms with Crippen LogP contribution in [0.3, 0.4) is 0 Å². The van der Waals surface area contributed by atoms with Crippen molar-refractivity contribution in [2.75, 3.05) is 0 Å². The van der Waals surface area contributed by atoms with Gasteiger partial charge in [-0.2, -0.15) is 0 Å². The number of pyridine rings is 1. The number of ether oxygens (including phenoxy) is 1. The first-order valence-electron chi connectivity index (χ1n) is 9.75. The van der Waals surface area contributed by atoms with Crippen molar-refractivity contribution in [2.24, 2.45) is 0 Å². The van der Waals surface area contributed by atoms with Gasteiger partial charge in [0.05, 0.1) is 17.1 Å². The summed E-state index contributed by atoms with van der Waals surface area (Å²) in [7, 11) is 0. The molecule has 5 nitrogen and oxygen atoms in total. The van der Waals surface area contributed by atoms with Gasteiger partial charge in [0.1, 0.15) is 11.1 Å². The number of benzene rings is 1. The van der Waals surface area contributed by atoms with Gasteiger partial charge < -0.3 is 10.1 Å². The lowest BCUT2D eigenvalue weighted by Crippen LogP contribution is -2.24. The van der Waals surface area contributed by atoms with Gasteiger partial charge >= 0.3 is 0 Å². The molecule has 1 aliphatic rings. The number of nitrogens with zero attached hydrogens (tertiary/aromatic N) is 2. The molecule has 0 saturated heterocycles. The van der Waals surface area contributed by atoms with Gasteiger partial charge in [-0.1, -0.05) is 29.8 Å². The first kappa shape index (κ1) is 19.9. The summed E-state index contributed by atoms with van der Waals surface area (Å²) in [6, 6.07) is 11.4. The topological polar surface area (TPSA) is 64.1 Å². The predicted octanol–water partition coefficient (Wildman–Crippen LogP) is 5.04. The molecule has 2 aromatic heterocycles. The van der Waals surface area contributed by atoms with Crippen LogP contribution in [0.2, 0.25) is 5.02 Å². The number of carbonyl (C=O) groups excluding carboxylic acids is 1. The quantitative estimate of drug-likeness (QED) is 0.573. The Morgan fingerprint density at radius 2 is 2.07 bits per heavy atom. The van der Waals surface area contributed by atoms with Crippen molar-refractivity contribution in [2.45, 2.75) is 44.8 Å². The van der Waals surface area contributed by atoms with E-state index in [4.69, 9.17) is 16.3 Å². The maximum absolute atomic E-state index is 12.3. The fourth-order valence-corrected chi connectivity index (χ4v) is 4.52. The summed E-state index contributed by atoms with van der Waals surface area (Å²) in [5.41, 5.74) is 2.59. The summed E-state index contributed by atoms with van der Waals surface area (Å²) in [6.07, 6.45) is 6.84. The van der Waals surface area contributed by atoms with Gasteiger partial charge in [0.15, 0.2) is 0 Å². The molecule has 0 spiro atoms. The molecule has 0 unspecified atom stereocenters. The van der Waals surface area contributed by atoms with Crippen LogP contribution in [-0.4, -0.2) is 22.0 Å². The largest absolute Gasteiger partial charge is 0.474 e. The minimum Gasteiger partial charge on any atom is -0.474 e. The predicted molar refractivity (Wildman–Crippen MR) is 115 cm³/mol. The lowest BCUT2D eigenvalue weighted by Gasteiger charge is -2.12. The summed E-state index contributed by atoms with van der Waals surface area (Å²) in [6.45, 7) is 0.434. The van der Waals surface area contributed by atoms with Crippen molar-refractivity contribution in [3.8, 4) is 16.5 Å². The van der Waals surface area contributed by atoms with E-state index in [1.807, 2.05) is 41.8 Å². The van der Waals surface area contributed by atoms with E-state index in [9.17, 15) is 4.79 Å². The molecular formula is C22H22ClN3O2S. The summed E-state index contributed by atoms with van der Waals surface area (Å²) < 4.78 is 5.93. The number of nitrogens with one attached hydrogen (secondary N) is 1. The van der Waals surface area contributed by atoms with Crippen molar-refractivity contribution in [1.29, 1.82) is 0 Å². The van der Waals surface area contributed by atoms with E-state index in [1.165, 1.54) is 24.2 Å². The normalized spacial score (nSPS) is 14.1. The Labute approximate surface area is 179 Å². The first-order valence-corrected chi connectivity index (χ1v) is 11.0. The summed E-state index contributed by atoms with van der Waals surface area (Å²) in [5.74, 6) is 0.559. The highest BCUT2D eigenvalue weighted by atomic mass is 35.5. The Balaban J connectivity index is 1.31. The van der Waals surface area contributed by atoms with Gasteiger partial charge in [0, 0.05) is 29.8 Å². The monoisotopic (exact) mass is 427 g/mol. The third-order valence-electron chi connectivity index (χ3n) is 4.88. The van der Waals surface area contributed by atoms with Crippen LogP contribution < -0.4 is 10.1 Å². The van der Waals surface area contributed by atoms with Crippen molar-refractivity contribution >= 4 is 28.8 Å². The minimum absolute atomic E-state index is 0.0731. The lowest BCUT2D eigenvalue weighted by atomic mass is 10.2. The van der Waals surface area contributed by atoms with E-state index in [2.05, 4.69) is 15.3 Å². The molecule has 0 aliphatic heterocycles. The second kappa shape index (κ2) is 9.37. The molecule has 1 saturated carbocycles. The van der Waals surface area contributed by atoms with Crippen molar-refractivity contribution < 1.29 is 9.53 Å². The fraction of sp³-hybridized carbons (Fsp3) is 0.318. The van der Waals surface area contributed by atoms with Crippen molar-refractivity contribution in [1.82, 2.24) is 15.3 Å². The highest BCUT2D eigenvalue weighted by molar-refractivity contribution is 7.13. The van der Waals surface area contributed by atoms with Crippen LogP contribution in [0.5, 0.6) is 5.88 Å². The van der Waals surface area contributed by atoms with Crippen LogP contribution in [0.1, 0.15) is 36.9 Å². The number of aromatic nitrogens is 2. The van der Waals surface area contributed by atoms with Gasteiger partial charge in [-0.05, 0) is 43.4 Å². The van der Waals surface area contributed by atoms with Crippen LogP contribution in [0.4, 0.5) is 0 Å². The molecule has 1 N–H and O–H groups in total. The Hall–Kier alpha value is -2.44. The first-order chi connectivity index (χ1) is 14.2. The van der Waals surface area contributed by atoms with Crippen molar-refractivity contribution in [3.05, 3.63) is 64.3 Å². The summed E-state index contributed by atoms with van der Waals surface area (Å²) in [5, 5.41) is 6.33. The SMILES string of the molecule is O=C(Cc1csc(-c2ccccc2Cl)n1)NCc1ccnc(OC2CCCC2)c1. The molecule has 0 atom stereocenters. The van der Waals surface area contributed by atoms with Crippen molar-refractivity contribution in [3.63, 3.8) is 0 Å². The maximum atomic E-state index is 12.3. The van der Waals surface area contributed by atoms with Gasteiger partial charge in [-0.15, -0.1) is 11.3 Å². The molecule has 150 valence electrons. The Kier molecular flexibility index (Phi) is 6.42. The number of thiazole rings is 1. The number of hydrogen-bond acceptors (Lipinski definition) is 5. The van der Waals surface area contributed by atoms with Gasteiger partial charge in [-0.25, -0.2) is 9.97 Å². The van der Waals surface area contributed by atoms with Crippen LogP contribution >= 0.6 is 22.9 Å². The number of amides is 1. The Bertz CT molecular complexity index is 985. The van der Waals surface area contributed by atoms with Crippen LogP contribution in [-0.2, 0) is 17.8 Å². The fourth-order valence-electron chi connectivity index (χ4n) is 3.38. The third kappa shape index (κ3) is 5.34. The third-order valence-corrected chi connectivity index (χ3v) is 6.13. The van der Waals surface area contributed by atoms with Crippen LogP contribution in [0, 0.1) is 0 Å². The molecular weight excluding hydrogens is 406 g/mol. The van der Waals surface area contributed by atoms with E-state index in [-0.39, 0.29) is 18.4 Å². The molecule has 4 rings (SSSR count). The second-order valence-electron chi connectivity index (χ2n) is 7.10. The van der Waals surface area contributed by atoms with Gasteiger partial charge in [0.2, 0.25) is 11.8 Å². The van der Waals surface area contributed by atoms with E-state index < -0.39 is 0 Å². The highest BCUT2D eigenvalue weighted by Gasteiger charge is 2.17. The lowest BCUT2D eigenvalue weighted by molar-refractivity contribution is -0.120. The van der Waals surface area contributed by atoms with Crippen LogP contribution in [0.15, 0.2) is 48.0 Å². The zero-order chi connectivity index (χ0) is 20.1. The molecule has 29 heavy (non-hydrogen) atoms. The molecule has 0 radical (unpaired) electrons. The van der Waals surface area contributed by atoms with E-state index in [0.717, 1.165) is 34.7 Å². The molecule has 0 bridgehead atoms. The summed E-state index contributed by atoms with van der Waals surface area (Å²) in [4.78, 5) is 21.2. The minimum atomic E-state index is -0.0731. The van der Waals surface area contributed by atoms with E-state index >= 15 is 0 Å². The molecule has 7 heteroatoms. The number of carbonyl (C=O) groups is 1. The average Bonchev–Trinajstić information content (AvgIpc) is 3.39. The average molecular weight is 428 g/mol. The summed E-state index contributed by atoms with van der Waals surface area (Å²) >= 11 is 7.72. The molecule has 1 aliphatic carbocycles. The van der Waals surface area contributed by atoms with Crippen LogP contribution in [0.25, 0.3) is 10.6 Å². The Morgan fingerprint density at radius 3 is 2.90 bits per heavy atom. The zero-order valence-electron chi connectivity index (χ0n) is 15.9.